The van der Waals surface area contributed by atoms with Gasteiger partial charge in [0.2, 0.25) is 0 Å². The van der Waals surface area contributed by atoms with Crippen LogP contribution in [0, 0.1) is 11.3 Å². The largest absolute Gasteiger partial charge is 0.383 e. The van der Waals surface area contributed by atoms with Crippen molar-refractivity contribution in [3.05, 3.63) is 35.9 Å². The van der Waals surface area contributed by atoms with E-state index in [0.29, 0.717) is 13.2 Å². The molecular formula is C17H27N3O. The number of nitriles is 1. The molecule has 1 aromatic rings. The van der Waals surface area contributed by atoms with Gasteiger partial charge in [0.25, 0.3) is 0 Å². The van der Waals surface area contributed by atoms with Gasteiger partial charge in [-0.2, -0.15) is 5.26 Å². The average Bonchev–Trinajstić information content (AvgIpc) is 2.52. The molecule has 0 radical (unpaired) electrons. The van der Waals surface area contributed by atoms with Gasteiger partial charge >= 0.3 is 0 Å². The summed E-state index contributed by atoms with van der Waals surface area (Å²) < 4.78 is 5.26. The quantitative estimate of drug-likeness (QED) is 0.758. The van der Waals surface area contributed by atoms with Gasteiger partial charge < -0.3 is 4.74 Å². The van der Waals surface area contributed by atoms with Crippen molar-refractivity contribution >= 4 is 0 Å². The highest BCUT2D eigenvalue weighted by atomic mass is 16.5. The van der Waals surface area contributed by atoms with Crippen LogP contribution >= 0.6 is 0 Å². The molecule has 0 aliphatic carbocycles. The molecule has 4 nitrogen and oxygen atoms in total. The first-order chi connectivity index (χ1) is 10.1. The highest BCUT2D eigenvalue weighted by molar-refractivity contribution is 5.32. The van der Waals surface area contributed by atoms with Gasteiger partial charge in [0.1, 0.15) is 5.54 Å². The molecule has 2 unspecified atom stereocenters. The second kappa shape index (κ2) is 8.78. The molecule has 0 heterocycles. The third-order valence-corrected chi connectivity index (χ3v) is 3.81. The van der Waals surface area contributed by atoms with E-state index in [2.05, 4.69) is 30.1 Å². The Bertz CT molecular complexity index is 443. The third kappa shape index (κ3) is 4.53. The molecule has 0 aromatic heterocycles. The van der Waals surface area contributed by atoms with Crippen LogP contribution in [0.4, 0.5) is 0 Å². The number of nitrogens with one attached hydrogen (secondary N) is 1. The first-order valence-corrected chi connectivity index (χ1v) is 7.58. The second-order valence-corrected chi connectivity index (χ2v) is 5.28. The van der Waals surface area contributed by atoms with Crippen LogP contribution < -0.4 is 5.32 Å². The Morgan fingerprint density at radius 2 is 2.00 bits per heavy atom. The van der Waals surface area contributed by atoms with Crippen molar-refractivity contribution in [1.82, 2.24) is 10.2 Å². The van der Waals surface area contributed by atoms with E-state index in [1.165, 1.54) is 0 Å². The summed E-state index contributed by atoms with van der Waals surface area (Å²) in [6.45, 7) is 9.21. The number of ether oxygens (including phenoxy) is 1. The number of hydrogen-bond acceptors (Lipinski definition) is 4. The Balaban J connectivity index is 3.05. The molecule has 4 heteroatoms. The Morgan fingerprint density at radius 1 is 1.33 bits per heavy atom. The van der Waals surface area contributed by atoms with Crippen LogP contribution in [0.15, 0.2) is 30.3 Å². The number of benzene rings is 1. The van der Waals surface area contributed by atoms with Crippen LogP contribution in [-0.4, -0.2) is 44.3 Å². The number of hydrogen-bond donors (Lipinski definition) is 1. The molecule has 1 N–H and O–H groups in total. The van der Waals surface area contributed by atoms with E-state index >= 15 is 0 Å². The molecule has 1 rings (SSSR count). The zero-order valence-corrected chi connectivity index (χ0v) is 13.6. The van der Waals surface area contributed by atoms with E-state index in [1.54, 1.807) is 7.11 Å². The molecular weight excluding hydrogens is 262 g/mol. The van der Waals surface area contributed by atoms with E-state index in [9.17, 15) is 5.26 Å². The molecule has 0 fully saturated rings. The molecule has 0 amide bonds. The van der Waals surface area contributed by atoms with Crippen LogP contribution in [0.1, 0.15) is 26.3 Å². The fraction of sp³-hybridized carbons (Fsp3) is 0.588. The van der Waals surface area contributed by atoms with Crippen LogP contribution in [-0.2, 0) is 10.3 Å². The summed E-state index contributed by atoms with van der Waals surface area (Å²) in [6, 6.07) is 12.7. The minimum atomic E-state index is -0.686. The average molecular weight is 289 g/mol. The zero-order chi connectivity index (χ0) is 15.7. The van der Waals surface area contributed by atoms with Crippen molar-refractivity contribution in [2.24, 2.45) is 0 Å². The maximum Gasteiger partial charge on any atom is 0.145 e. The topological polar surface area (TPSA) is 48.3 Å². The van der Waals surface area contributed by atoms with Gasteiger partial charge in [-0.25, -0.2) is 0 Å². The molecule has 21 heavy (non-hydrogen) atoms. The summed E-state index contributed by atoms with van der Waals surface area (Å²) in [5.41, 5.74) is 0.325. The maximum atomic E-state index is 9.85. The normalized spacial score (nSPS) is 15.4. The summed E-state index contributed by atoms with van der Waals surface area (Å²) in [5.74, 6) is 0. The van der Waals surface area contributed by atoms with Crippen molar-refractivity contribution in [1.29, 1.82) is 5.26 Å². The molecule has 0 bridgehead atoms. The number of likely N-dealkylation sites (N-methyl/N-ethyl adjacent to an activating group) is 2. The van der Waals surface area contributed by atoms with Gasteiger partial charge in [-0.3, -0.25) is 10.2 Å². The fourth-order valence-electron chi connectivity index (χ4n) is 2.64. The molecule has 1 aromatic carbocycles. The monoisotopic (exact) mass is 289 g/mol. The maximum absolute atomic E-state index is 9.85. The second-order valence-electron chi connectivity index (χ2n) is 5.28. The first-order valence-electron chi connectivity index (χ1n) is 7.58. The minimum absolute atomic E-state index is 0.273. The number of methoxy groups -OCH3 is 1. The standard InChI is InChI=1S/C17H27N3O/c1-5-19-17(13-18,16-10-8-7-9-11-16)14-20(6-2)15(3)12-21-4/h7-11,15,19H,5-6,12,14H2,1-4H3. The van der Waals surface area contributed by atoms with Gasteiger partial charge in [-0.1, -0.05) is 44.2 Å². The van der Waals surface area contributed by atoms with Crippen LogP contribution in [0.25, 0.3) is 0 Å². The number of nitrogens with zero attached hydrogens (tertiary/aromatic N) is 2. The van der Waals surface area contributed by atoms with Gasteiger partial charge in [-0.05, 0) is 25.6 Å². The van der Waals surface area contributed by atoms with Gasteiger partial charge in [0, 0.05) is 19.7 Å². The minimum Gasteiger partial charge on any atom is -0.383 e. The third-order valence-electron chi connectivity index (χ3n) is 3.81. The Kier molecular flexibility index (Phi) is 7.38. The van der Waals surface area contributed by atoms with E-state index < -0.39 is 5.54 Å². The lowest BCUT2D eigenvalue weighted by Crippen LogP contribution is -2.52. The van der Waals surface area contributed by atoms with E-state index in [4.69, 9.17) is 4.74 Å². The van der Waals surface area contributed by atoms with Gasteiger partial charge in [0.15, 0.2) is 0 Å². The van der Waals surface area contributed by atoms with Gasteiger partial charge in [-0.15, -0.1) is 0 Å². The summed E-state index contributed by atoms with van der Waals surface area (Å²) in [6.07, 6.45) is 0. The SMILES string of the molecule is CCNC(C#N)(CN(CC)C(C)COC)c1ccccc1. The van der Waals surface area contributed by atoms with Crippen molar-refractivity contribution < 1.29 is 4.74 Å². The molecule has 0 saturated carbocycles. The summed E-state index contributed by atoms with van der Waals surface area (Å²) >= 11 is 0. The molecule has 2 atom stereocenters. The fourth-order valence-corrected chi connectivity index (χ4v) is 2.64. The van der Waals surface area contributed by atoms with E-state index in [1.807, 2.05) is 37.3 Å². The van der Waals surface area contributed by atoms with Crippen molar-refractivity contribution in [3.8, 4) is 6.07 Å². The van der Waals surface area contributed by atoms with Crippen LogP contribution in [0.3, 0.4) is 0 Å². The van der Waals surface area contributed by atoms with Crippen LogP contribution in [0.5, 0.6) is 0 Å². The summed E-state index contributed by atoms with van der Waals surface area (Å²) in [5, 5.41) is 13.2. The van der Waals surface area contributed by atoms with Crippen molar-refractivity contribution in [3.63, 3.8) is 0 Å². The molecule has 0 saturated heterocycles. The van der Waals surface area contributed by atoms with Gasteiger partial charge in [0.05, 0.1) is 12.7 Å². The van der Waals surface area contributed by atoms with E-state index in [-0.39, 0.29) is 6.04 Å². The predicted molar refractivity (Wildman–Crippen MR) is 86.0 cm³/mol. The predicted octanol–water partition coefficient (Wildman–Crippen LogP) is 2.37. The summed E-state index contributed by atoms with van der Waals surface area (Å²) in [7, 11) is 1.71. The molecule has 0 aliphatic rings. The van der Waals surface area contributed by atoms with Crippen molar-refractivity contribution in [2.45, 2.75) is 32.4 Å². The molecule has 0 spiro atoms. The molecule has 116 valence electrons. The molecule has 0 aliphatic heterocycles. The highest BCUT2D eigenvalue weighted by Gasteiger charge is 2.34. The lowest BCUT2D eigenvalue weighted by Gasteiger charge is -2.36. The first kappa shape index (κ1) is 17.6. The van der Waals surface area contributed by atoms with E-state index in [0.717, 1.165) is 18.7 Å². The lowest BCUT2D eigenvalue weighted by molar-refractivity contribution is 0.0876. The Labute approximate surface area is 128 Å². The Morgan fingerprint density at radius 3 is 2.48 bits per heavy atom. The Hall–Kier alpha value is -1.41. The summed E-state index contributed by atoms with van der Waals surface area (Å²) in [4.78, 5) is 2.28. The smallest absolute Gasteiger partial charge is 0.145 e. The van der Waals surface area contributed by atoms with Crippen LogP contribution in [0.2, 0.25) is 0 Å². The lowest BCUT2D eigenvalue weighted by atomic mass is 9.90. The van der Waals surface area contributed by atoms with Crippen molar-refractivity contribution in [2.75, 3.05) is 33.4 Å². The highest BCUT2D eigenvalue weighted by Crippen LogP contribution is 2.23. The zero-order valence-electron chi connectivity index (χ0n) is 13.6. The number of rotatable bonds is 9.